The van der Waals surface area contributed by atoms with E-state index in [1.807, 2.05) is 19.9 Å². The van der Waals surface area contributed by atoms with Gasteiger partial charge in [-0.1, -0.05) is 24.3 Å². The van der Waals surface area contributed by atoms with E-state index in [9.17, 15) is 12.8 Å². The van der Waals surface area contributed by atoms with Crippen LogP contribution in [-0.2, 0) is 16.6 Å². The predicted octanol–water partition coefficient (Wildman–Crippen LogP) is 3.22. The van der Waals surface area contributed by atoms with Gasteiger partial charge in [0.1, 0.15) is 5.82 Å². The third-order valence-corrected chi connectivity index (χ3v) is 4.95. The highest BCUT2D eigenvalue weighted by atomic mass is 127. The van der Waals surface area contributed by atoms with E-state index < -0.39 is 10.0 Å². The van der Waals surface area contributed by atoms with Gasteiger partial charge < -0.3 is 10.6 Å². The second kappa shape index (κ2) is 10.7. The number of aryl methyl sites for hydroxylation is 1. The molecule has 0 saturated carbocycles. The van der Waals surface area contributed by atoms with Crippen LogP contribution in [0.1, 0.15) is 36.6 Å². The molecule has 0 aliphatic heterocycles. The predicted molar refractivity (Wildman–Crippen MR) is 121 cm³/mol. The molecule has 0 saturated heterocycles. The summed E-state index contributed by atoms with van der Waals surface area (Å²) in [5, 5.41) is 11.5. The van der Waals surface area contributed by atoms with E-state index >= 15 is 0 Å². The number of nitrogens with one attached hydrogen (secondary N) is 2. The summed E-state index contributed by atoms with van der Waals surface area (Å²) in [6.45, 7) is 6.50. The highest BCUT2D eigenvalue weighted by Gasteiger charge is 2.11. The number of sulfonamides is 1. The van der Waals surface area contributed by atoms with Crippen molar-refractivity contribution in [3.63, 3.8) is 0 Å². The van der Waals surface area contributed by atoms with Crippen LogP contribution in [0.15, 0.2) is 52.4 Å². The normalized spacial score (nSPS) is 12.8. The number of nitrogens with zero attached hydrogens (tertiary/aromatic N) is 1. The average molecular weight is 520 g/mol. The molecule has 0 aliphatic carbocycles. The first-order valence-electron chi connectivity index (χ1n) is 8.63. The molecule has 0 heterocycles. The molecule has 154 valence electrons. The Hall–Kier alpha value is -1.72. The van der Waals surface area contributed by atoms with Crippen LogP contribution >= 0.6 is 24.0 Å². The first-order chi connectivity index (χ1) is 12.7. The SMILES string of the molecule is CCNC(=NCc1cccc(S(N)(=O)=O)c1)NC(C)c1ccc(C)c(F)c1.I. The van der Waals surface area contributed by atoms with Crippen LogP contribution in [0, 0.1) is 12.7 Å². The fraction of sp³-hybridized carbons (Fsp3) is 0.316. The van der Waals surface area contributed by atoms with Crippen molar-refractivity contribution in [2.45, 2.75) is 38.3 Å². The number of primary sulfonamides is 1. The maximum atomic E-state index is 13.8. The van der Waals surface area contributed by atoms with Crippen LogP contribution in [0.3, 0.4) is 0 Å². The molecule has 0 aromatic heterocycles. The highest BCUT2D eigenvalue weighted by molar-refractivity contribution is 14.0. The van der Waals surface area contributed by atoms with Crippen LogP contribution in [0.2, 0.25) is 0 Å². The Bertz CT molecular complexity index is 935. The topological polar surface area (TPSA) is 96.6 Å². The second-order valence-electron chi connectivity index (χ2n) is 6.26. The zero-order valence-corrected chi connectivity index (χ0v) is 19.2. The van der Waals surface area contributed by atoms with Crippen LogP contribution in [0.4, 0.5) is 4.39 Å². The Morgan fingerprint density at radius 1 is 1.25 bits per heavy atom. The fourth-order valence-corrected chi connectivity index (χ4v) is 3.06. The minimum Gasteiger partial charge on any atom is -0.357 e. The molecule has 0 fully saturated rings. The molecule has 2 aromatic rings. The van der Waals surface area contributed by atoms with E-state index in [-0.39, 0.29) is 47.3 Å². The molecule has 0 aliphatic rings. The van der Waals surface area contributed by atoms with Crippen molar-refractivity contribution >= 4 is 40.0 Å². The first-order valence-corrected chi connectivity index (χ1v) is 10.2. The van der Waals surface area contributed by atoms with Crippen LogP contribution in [0.25, 0.3) is 0 Å². The van der Waals surface area contributed by atoms with Gasteiger partial charge in [0.05, 0.1) is 17.5 Å². The largest absolute Gasteiger partial charge is 0.357 e. The lowest BCUT2D eigenvalue weighted by molar-refractivity contribution is 0.597. The van der Waals surface area contributed by atoms with Gasteiger partial charge in [0.2, 0.25) is 10.0 Å². The maximum absolute atomic E-state index is 13.8. The lowest BCUT2D eigenvalue weighted by atomic mass is 10.1. The quantitative estimate of drug-likeness (QED) is 0.310. The van der Waals surface area contributed by atoms with E-state index in [0.29, 0.717) is 23.6 Å². The fourth-order valence-electron chi connectivity index (χ4n) is 2.48. The Morgan fingerprint density at radius 3 is 2.57 bits per heavy atom. The number of hydrogen-bond donors (Lipinski definition) is 3. The van der Waals surface area contributed by atoms with Crippen LogP contribution < -0.4 is 15.8 Å². The Morgan fingerprint density at radius 2 is 1.96 bits per heavy atom. The summed E-state index contributed by atoms with van der Waals surface area (Å²) in [5.74, 6) is 0.301. The van der Waals surface area contributed by atoms with Gasteiger partial charge in [-0.3, -0.25) is 0 Å². The minimum absolute atomic E-state index is 0. The summed E-state index contributed by atoms with van der Waals surface area (Å²) in [7, 11) is -3.75. The minimum atomic E-state index is -3.75. The molecule has 0 bridgehead atoms. The van der Waals surface area contributed by atoms with Gasteiger partial charge in [-0.05, 0) is 55.7 Å². The molecule has 0 spiro atoms. The Balaban J connectivity index is 0.00000392. The maximum Gasteiger partial charge on any atom is 0.238 e. The average Bonchev–Trinajstić information content (AvgIpc) is 2.61. The van der Waals surface area contributed by atoms with E-state index in [0.717, 1.165) is 5.56 Å². The van der Waals surface area contributed by atoms with Crippen molar-refractivity contribution in [1.29, 1.82) is 0 Å². The van der Waals surface area contributed by atoms with Crippen LogP contribution in [0.5, 0.6) is 0 Å². The smallest absolute Gasteiger partial charge is 0.238 e. The van der Waals surface area contributed by atoms with E-state index in [4.69, 9.17) is 5.14 Å². The first kappa shape index (κ1) is 24.3. The lowest BCUT2D eigenvalue weighted by Gasteiger charge is -2.18. The number of halogens is 2. The number of nitrogens with two attached hydrogens (primary N) is 1. The third-order valence-electron chi connectivity index (χ3n) is 4.04. The van der Waals surface area contributed by atoms with Gasteiger partial charge in [-0.2, -0.15) is 0 Å². The molecule has 9 heteroatoms. The molecule has 1 unspecified atom stereocenters. The number of aliphatic imine (C=N–C) groups is 1. The van der Waals surface area contributed by atoms with Crippen molar-refractivity contribution in [2.24, 2.45) is 10.1 Å². The Kier molecular flexibility index (Phi) is 9.31. The molecule has 28 heavy (non-hydrogen) atoms. The molecule has 0 amide bonds. The van der Waals surface area contributed by atoms with Gasteiger partial charge in [0.25, 0.3) is 0 Å². The molecule has 2 aromatic carbocycles. The van der Waals surface area contributed by atoms with Crippen molar-refractivity contribution in [2.75, 3.05) is 6.54 Å². The summed E-state index contributed by atoms with van der Waals surface area (Å²) in [6.07, 6.45) is 0. The molecule has 2 rings (SSSR count). The van der Waals surface area contributed by atoms with E-state index in [1.165, 1.54) is 18.2 Å². The molecular weight excluding hydrogens is 494 g/mol. The van der Waals surface area contributed by atoms with E-state index in [2.05, 4.69) is 15.6 Å². The Labute approximate surface area is 182 Å². The van der Waals surface area contributed by atoms with Crippen LogP contribution in [-0.4, -0.2) is 20.9 Å². The standard InChI is InChI=1S/C19H25FN4O2S.HI/c1-4-22-19(24-14(3)16-9-8-13(2)18(20)11-16)23-12-15-6-5-7-17(10-15)27(21,25)26;/h5-11,14H,4,12H2,1-3H3,(H2,21,25,26)(H2,22,23,24);1H. The van der Waals surface area contributed by atoms with Gasteiger partial charge >= 0.3 is 0 Å². The zero-order chi connectivity index (χ0) is 20.0. The number of rotatable bonds is 6. The van der Waals surface area contributed by atoms with Crippen molar-refractivity contribution in [1.82, 2.24) is 10.6 Å². The van der Waals surface area contributed by atoms with Gasteiger partial charge in [0.15, 0.2) is 5.96 Å². The molecular formula is C19H26FIN4O2S. The summed E-state index contributed by atoms with van der Waals surface area (Å²) in [4.78, 5) is 4.53. The monoisotopic (exact) mass is 520 g/mol. The summed E-state index contributed by atoms with van der Waals surface area (Å²) in [6, 6.07) is 11.3. The number of guanidine groups is 1. The summed E-state index contributed by atoms with van der Waals surface area (Å²) in [5.41, 5.74) is 2.12. The van der Waals surface area contributed by atoms with Gasteiger partial charge in [0, 0.05) is 6.54 Å². The number of benzene rings is 2. The van der Waals surface area contributed by atoms with Gasteiger partial charge in [-0.15, -0.1) is 24.0 Å². The highest BCUT2D eigenvalue weighted by Crippen LogP contribution is 2.16. The zero-order valence-electron chi connectivity index (χ0n) is 16.1. The van der Waals surface area contributed by atoms with Gasteiger partial charge in [-0.25, -0.2) is 22.9 Å². The lowest BCUT2D eigenvalue weighted by Crippen LogP contribution is -2.38. The van der Waals surface area contributed by atoms with E-state index in [1.54, 1.807) is 25.1 Å². The van der Waals surface area contributed by atoms with Crippen molar-refractivity contribution in [3.05, 3.63) is 65.0 Å². The second-order valence-corrected chi connectivity index (χ2v) is 7.82. The molecule has 4 N–H and O–H groups in total. The third kappa shape index (κ3) is 7.02. The molecule has 1 atom stereocenters. The number of hydrogen-bond acceptors (Lipinski definition) is 3. The summed E-state index contributed by atoms with van der Waals surface area (Å²) >= 11 is 0. The van der Waals surface area contributed by atoms with Crippen molar-refractivity contribution < 1.29 is 12.8 Å². The van der Waals surface area contributed by atoms with Crippen molar-refractivity contribution in [3.8, 4) is 0 Å². The summed E-state index contributed by atoms with van der Waals surface area (Å²) < 4.78 is 36.7. The molecule has 6 nitrogen and oxygen atoms in total. The molecule has 0 radical (unpaired) electrons.